The number of alkyl carbamates (subject to hydrolysis) is 1. The lowest BCUT2D eigenvalue weighted by atomic mass is 9.76. The van der Waals surface area contributed by atoms with Gasteiger partial charge in [0, 0.05) is 6.42 Å². The molecule has 1 unspecified atom stereocenters. The highest BCUT2D eigenvalue weighted by Crippen LogP contribution is 2.06. The van der Waals surface area contributed by atoms with Gasteiger partial charge < -0.3 is 20.1 Å². The van der Waals surface area contributed by atoms with Gasteiger partial charge in [0.1, 0.15) is 0 Å². The van der Waals surface area contributed by atoms with Crippen molar-refractivity contribution in [2.24, 2.45) is 0 Å². The van der Waals surface area contributed by atoms with E-state index in [9.17, 15) is 14.8 Å². The summed E-state index contributed by atoms with van der Waals surface area (Å²) in [6.07, 6.45) is 0.266. The van der Waals surface area contributed by atoms with Crippen LogP contribution in [0.2, 0.25) is 0 Å². The molecule has 0 aliphatic rings. The van der Waals surface area contributed by atoms with Gasteiger partial charge in [-0.1, -0.05) is 60.2 Å². The summed E-state index contributed by atoms with van der Waals surface area (Å²) in [4.78, 5) is 11.8. The topological polar surface area (TPSA) is 78.8 Å². The first kappa shape index (κ1) is 18.0. The minimum atomic E-state index is -1.66. The van der Waals surface area contributed by atoms with Crippen molar-refractivity contribution < 1.29 is 19.6 Å². The molecule has 3 N–H and O–H groups in total. The summed E-state index contributed by atoms with van der Waals surface area (Å²) >= 11 is 0. The Balaban J connectivity index is 1.80. The molecule has 0 spiro atoms. The van der Waals surface area contributed by atoms with E-state index >= 15 is 0 Å². The van der Waals surface area contributed by atoms with Crippen molar-refractivity contribution in [1.29, 1.82) is 0 Å². The van der Waals surface area contributed by atoms with E-state index in [1.165, 1.54) is 0 Å². The molecule has 0 saturated carbocycles. The molecular weight excluding hydrogens is 305 g/mol. The lowest BCUT2D eigenvalue weighted by Gasteiger charge is -2.17. The fourth-order valence-electron chi connectivity index (χ4n) is 2.42. The van der Waals surface area contributed by atoms with Crippen molar-refractivity contribution in [2.45, 2.75) is 25.7 Å². The zero-order valence-electron chi connectivity index (χ0n) is 13.7. The van der Waals surface area contributed by atoms with E-state index in [-0.39, 0.29) is 6.61 Å². The molecule has 0 saturated heterocycles. The Bertz CT molecular complexity index is 648. The lowest BCUT2D eigenvalue weighted by Crippen LogP contribution is -2.48. The third-order valence-corrected chi connectivity index (χ3v) is 3.67. The number of ether oxygens (including phenoxy) is 1. The Hall–Kier alpha value is -2.31. The number of amides is 1. The van der Waals surface area contributed by atoms with Crippen molar-refractivity contribution in [3.8, 4) is 0 Å². The smallest absolute Gasteiger partial charge is 0.449 e. The Morgan fingerprint density at radius 3 is 2.50 bits per heavy atom. The number of aryl methyl sites for hydroxylation is 1. The molecule has 0 radical (unpaired) electrons. The second-order valence-electron chi connectivity index (χ2n) is 5.73. The largest absolute Gasteiger partial charge is 0.475 e. The standard InChI is InChI=1S/C18H22BNO4/c1-14-6-5-9-16(12-14)10-11-24-18(21)20-17(19(22)23)13-15-7-3-2-4-8-15/h2-9,12,17,22-23H,10-11,13H2,1H3,(H,20,21). The number of hydrogen-bond acceptors (Lipinski definition) is 4. The highest BCUT2D eigenvalue weighted by molar-refractivity contribution is 6.43. The maximum absolute atomic E-state index is 11.8. The van der Waals surface area contributed by atoms with Crippen molar-refractivity contribution >= 4 is 13.2 Å². The first-order valence-electron chi connectivity index (χ1n) is 7.93. The minimum absolute atomic E-state index is 0.231. The van der Waals surface area contributed by atoms with E-state index in [0.29, 0.717) is 12.8 Å². The van der Waals surface area contributed by atoms with Crippen LogP contribution in [0, 0.1) is 6.92 Å². The van der Waals surface area contributed by atoms with Crippen molar-refractivity contribution in [3.63, 3.8) is 0 Å². The molecule has 5 nitrogen and oxygen atoms in total. The highest BCUT2D eigenvalue weighted by Gasteiger charge is 2.26. The van der Waals surface area contributed by atoms with E-state index in [4.69, 9.17) is 4.74 Å². The number of nitrogens with one attached hydrogen (secondary N) is 1. The van der Waals surface area contributed by atoms with Gasteiger partial charge in [0.15, 0.2) is 0 Å². The minimum Gasteiger partial charge on any atom is -0.449 e. The Kier molecular flexibility index (Phi) is 6.84. The Morgan fingerprint density at radius 2 is 1.83 bits per heavy atom. The average molecular weight is 327 g/mol. The average Bonchev–Trinajstić information content (AvgIpc) is 2.55. The first-order chi connectivity index (χ1) is 11.5. The molecule has 126 valence electrons. The van der Waals surface area contributed by atoms with Crippen LogP contribution in [0.15, 0.2) is 54.6 Å². The van der Waals surface area contributed by atoms with Gasteiger partial charge in [0.05, 0.1) is 12.5 Å². The van der Waals surface area contributed by atoms with Gasteiger partial charge in [-0.25, -0.2) is 4.79 Å². The van der Waals surface area contributed by atoms with E-state index < -0.39 is 19.2 Å². The summed E-state index contributed by atoms with van der Waals surface area (Å²) in [6.45, 7) is 2.24. The molecule has 6 heteroatoms. The van der Waals surface area contributed by atoms with Crippen molar-refractivity contribution in [2.75, 3.05) is 6.61 Å². The van der Waals surface area contributed by atoms with Gasteiger partial charge in [0.2, 0.25) is 0 Å². The quantitative estimate of drug-likeness (QED) is 0.679. The predicted molar refractivity (Wildman–Crippen MR) is 93.5 cm³/mol. The Morgan fingerprint density at radius 1 is 1.12 bits per heavy atom. The maximum atomic E-state index is 11.8. The van der Waals surface area contributed by atoms with Crippen LogP contribution >= 0.6 is 0 Å². The molecule has 2 rings (SSSR count). The number of carbonyl (C=O) groups excluding carboxylic acids is 1. The fourth-order valence-corrected chi connectivity index (χ4v) is 2.42. The van der Waals surface area contributed by atoms with Crippen LogP contribution in [0.5, 0.6) is 0 Å². The second-order valence-corrected chi connectivity index (χ2v) is 5.73. The summed E-state index contributed by atoms with van der Waals surface area (Å²) in [7, 11) is -1.66. The molecule has 0 aliphatic carbocycles. The summed E-state index contributed by atoms with van der Waals surface area (Å²) in [5, 5.41) is 21.4. The van der Waals surface area contributed by atoms with Gasteiger partial charge in [0.25, 0.3) is 0 Å². The zero-order valence-corrected chi connectivity index (χ0v) is 13.7. The number of hydrogen-bond donors (Lipinski definition) is 3. The van der Waals surface area contributed by atoms with E-state index in [1.54, 1.807) is 0 Å². The van der Waals surface area contributed by atoms with Crippen LogP contribution in [0.4, 0.5) is 4.79 Å². The lowest BCUT2D eigenvalue weighted by molar-refractivity contribution is 0.144. The first-order valence-corrected chi connectivity index (χ1v) is 7.93. The van der Waals surface area contributed by atoms with Gasteiger partial charge >= 0.3 is 13.2 Å². The third kappa shape index (κ3) is 6.06. The number of rotatable bonds is 7. The van der Waals surface area contributed by atoms with Crippen LogP contribution in [0.25, 0.3) is 0 Å². The number of carbonyl (C=O) groups is 1. The second kappa shape index (κ2) is 9.10. The normalized spacial score (nSPS) is 11.6. The van der Waals surface area contributed by atoms with Crippen LogP contribution in [0.1, 0.15) is 16.7 Å². The molecule has 1 atom stereocenters. The van der Waals surface area contributed by atoms with Crippen LogP contribution in [-0.4, -0.2) is 35.8 Å². The summed E-state index contributed by atoms with van der Waals surface area (Å²) in [5.74, 6) is -0.820. The molecule has 2 aromatic rings. The van der Waals surface area contributed by atoms with Crippen LogP contribution in [0.3, 0.4) is 0 Å². The van der Waals surface area contributed by atoms with Gasteiger partial charge in [-0.05, 0) is 24.5 Å². The molecule has 1 amide bonds. The molecule has 2 aromatic carbocycles. The van der Waals surface area contributed by atoms with Crippen LogP contribution < -0.4 is 5.32 Å². The summed E-state index contributed by atoms with van der Waals surface area (Å²) in [5.41, 5.74) is 3.14. The SMILES string of the molecule is Cc1cccc(CCOC(=O)NC(Cc2ccccc2)B(O)O)c1. The van der Waals surface area contributed by atoms with Gasteiger partial charge in [-0.15, -0.1) is 0 Å². The monoisotopic (exact) mass is 327 g/mol. The molecule has 0 fully saturated rings. The third-order valence-electron chi connectivity index (χ3n) is 3.67. The van der Waals surface area contributed by atoms with Crippen molar-refractivity contribution in [3.05, 3.63) is 71.3 Å². The molecule has 0 aromatic heterocycles. The zero-order chi connectivity index (χ0) is 17.4. The molecule has 24 heavy (non-hydrogen) atoms. The molecule has 0 heterocycles. The van der Waals surface area contributed by atoms with Crippen LogP contribution in [-0.2, 0) is 17.6 Å². The van der Waals surface area contributed by atoms with Crippen molar-refractivity contribution in [1.82, 2.24) is 5.32 Å². The summed E-state index contributed by atoms with van der Waals surface area (Å²) < 4.78 is 5.13. The maximum Gasteiger partial charge on any atom is 0.475 e. The van der Waals surface area contributed by atoms with Gasteiger partial charge in [-0.3, -0.25) is 0 Å². The number of benzene rings is 2. The molecule has 0 aliphatic heterocycles. The predicted octanol–water partition coefficient (Wildman–Crippen LogP) is 1.89. The fraction of sp³-hybridized carbons (Fsp3) is 0.278. The summed E-state index contributed by atoms with van der Waals surface area (Å²) in [6, 6.07) is 17.3. The molecule has 0 bridgehead atoms. The molecular formula is C18H22BNO4. The van der Waals surface area contributed by atoms with Gasteiger partial charge in [-0.2, -0.15) is 0 Å². The van der Waals surface area contributed by atoms with E-state index in [2.05, 4.69) is 5.32 Å². The van der Waals surface area contributed by atoms with E-state index in [0.717, 1.165) is 16.7 Å². The highest BCUT2D eigenvalue weighted by atomic mass is 16.5. The van der Waals surface area contributed by atoms with E-state index in [1.807, 2.05) is 61.5 Å². The Labute approximate surface area is 142 Å².